The van der Waals surface area contributed by atoms with Gasteiger partial charge in [-0.15, -0.1) is 10.2 Å². The van der Waals surface area contributed by atoms with Crippen molar-refractivity contribution < 1.29 is 14.6 Å². The predicted molar refractivity (Wildman–Crippen MR) is 110 cm³/mol. The number of aromatic hydroxyl groups is 1. The lowest BCUT2D eigenvalue weighted by atomic mass is 10.1. The first kappa shape index (κ1) is 18.1. The second-order valence-electron chi connectivity index (χ2n) is 6.21. The summed E-state index contributed by atoms with van der Waals surface area (Å²) in [6.07, 6.45) is 0. The number of fused-ring (bicyclic) bond motifs is 2. The number of carbonyl (C=O) groups excluding carboxylic acids is 1. The summed E-state index contributed by atoms with van der Waals surface area (Å²) in [5.41, 5.74) is 2.62. The monoisotopic (exact) mass is 438 g/mol. The number of rotatable bonds is 3. The van der Waals surface area contributed by atoms with Crippen molar-refractivity contribution in [2.24, 2.45) is 10.2 Å². The van der Waals surface area contributed by atoms with Crippen LogP contribution in [0.3, 0.4) is 0 Å². The largest absolute Gasteiger partial charge is 0.497 e. The Bertz CT molecular complexity index is 1260. The maximum absolute atomic E-state index is 12.8. The van der Waals surface area contributed by atoms with Crippen LogP contribution in [0.5, 0.6) is 11.6 Å². The molecule has 0 bridgehead atoms. The van der Waals surface area contributed by atoms with E-state index in [0.717, 1.165) is 4.47 Å². The minimum atomic E-state index is -0.535. The number of aromatic amines is 1. The van der Waals surface area contributed by atoms with Crippen molar-refractivity contribution in [3.05, 3.63) is 58.2 Å². The fourth-order valence-electron chi connectivity index (χ4n) is 3.03. The van der Waals surface area contributed by atoms with Crippen molar-refractivity contribution in [3.63, 3.8) is 0 Å². The molecule has 2 aromatic carbocycles. The second-order valence-corrected chi connectivity index (χ2v) is 7.13. The molecule has 8 heteroatoms. The number of hydrogen-bond acceptors (Lipinski definition) is 5. The van der Waals surface area contributed by atoms with E-state index in [-0.39, 0.29) is 11.6 Å². The van der Waals surface area contributed by atoms with E-state index in [4.69, 9.17) is 4.74 Å². The fourth-order valence-corrected chi connectivity index (χ4v) is 3.39. The highest BCUT2D eigenvalue weighted by Crippen LogP contribution is 2.37. The van der Waals surface area contributed by atoms with Crippen LogP contribution in [-0.4, -0.2) is 28.1 Å². The summed E-state index contributed by atoms with van der Waals surface area (Å²) in [4.78, 5) is 20.0. The van der Waals surface area contributed by atoms with E-state index in [1.807, 2.05) is 6.07 Å². The highest BCUT2D eigenvalue weighted by molar-refractivity contribution is 9.10. The Morgan fingerprint density at radius 3 is 2.79 bits per heavy atom. The zero-order chi connectivity index (χ0) is 19.8. The summed E-state index contributed by atoms with van der Waals surface area (Å²) in [6, 6.07) is 12.4. The molecule has 0 saturated carbocycles. The van der Waals surface area contributed by atoms with E-state index in [9.17, 15) is 9.90 Å². The number of hydrogen-bond donors (Lipinski definition) is 2. The van der Waals surface area contributed by atoms with E-state index >= 15 is 0 Å². The van der Waals surface area contributed by atoms with Gasteiger partial charge in [0.25, 0.3) is 5.91 Å². The first-order valence-electron chi connectivity index (χ1n) is 8.38. The molecule has 2 N–H and O–H groups in total. The van der Waals surface area contributed by atoms with Crippen LogP contribution >= 0.6 is 15.9 Å². The Kier molecular flexibility index (Phi) is 4.56. The molecule has 7 nitrogen and oxygen atoms in total. The van der Waals surface area contributed by atoms with Gasteiger partial charge in [0.2, 0.25) is 5.88 Å². The maximum Gasteiger partial charge on any atom is 0.296 e. The number of halogens is 1. The third-order valence-corrected chi connectivity index (χ3v) is 4.82. The van der Waals surface area contributed by atoms with Crippen molar-refractivity contribution in [1.29, 1.82) is 0 Å². The molecule has 28 heavy (non-hydrogen) atoms. The average Bonchev–Trinajstić information content (AvgIpc) is 2.99. The van der Waals surface area contributed by atoms with Crippen LogP contribution in [0.25, 0.3) is 21.8 Å². The van der Waals surface area contributed by atoms with Crippen LogP contribution in [0.1, 0.15) is 16.1 Å². The molecule has 2 aromatic heterocycles. The van der Waals surface area contributed by atoms with E-state index in [1.165, 1.54) is 0 Å². The number of ether oxygens (including phenoxy) is 1. The molecule has 0 aliphatic carbocycles. The number of nitrogens with zero attached hydrogens (tertiary/aromatic N) is 3. The smallest absolute Gasteiger partial charge is 0.296 e. The zero-order valence-electron chi connectivity index (χ0n) is 15.0. The van der Waals surface area contributed by atoms with Gasteiger partial charge in [0.05, 0.1) is 23.7 Å². The number of pyridine rings is 1. The minimum Gasteiger partial charge on any atom is -0.497 e. The first-order chi connectivity index (χ1) is 13.5. The second kappa shape index (κ2) is 7.05. The van der Waals surface area contributed by atoms with Gasteiger partial charge < -0.3 is 14.8 Å². The lowest BCUT2D eigenvalue weighted by Gasteiger charge is -2.06. The minimum absolute atomic E-state index is 0.151. The first-order valence-corrected chi connectivity index (χ1v) is 9.17. The van der Waals surface area contributed by atoms with Crippen molar-refractivity contribution in [1.82, 2.24) is 9.97 Å². The molecule has 0 fully saturated rings. The summed E-state index contributed by atoms with van der Waals surface area (Å²) in [6.45, 7) is 1.81. The van der Waals surface area contributed by atoms with Gasteiger partial charge in [-0.1, -0.05) is 15.9 Å². The van der Waals surface area contributed by atoms with Crippen LogP contribution in [0.15, 0.2) is 57.2 Å². The van der Waals surface area contributed by atoms with Gasteiger partial charge in [-0.05, 0) is 49.4 Å². The lowest BCUT2D eigenvalue weighted by Crippen LogP contribution is -1.99. The van der Waals surface area contributed by atoms with E-state index in [0.29, 0.717) is 38.8 Å². The number of carbonyl (C=O) groups is 1. The molecule has 140 valence electrons. The zero-order valence-corrected chi connectivity index (χ0v) is 16.6. The third kappa shape index (κ3) is 3.22. The number of benzene rings is 2. The van der Waals surface area contributed by atoms with Gasteiger partial charge in [-0.25, -0.2) is 0 Å². The molecule has 0 spiro atoms. The van der Waals surface area contributed by atoms with Gasteiger partial charge in [0.1, 0.15) is 5.75 Å². The van der Waals surface area contributed by atoms with E-state index in [2.05, 4.69) is 36.1 Å². The molecule has 0 unspecified atom stereocenters. The molecule has 0 aliphatic rings. The molecule has 0 saturated heterocycles. The van der Waals surface area contributed by atoms with Gasteiger partial charge >= 0.3 is 0 Å². The molecular formula is C20H15BrN4O3. The van der Waals surface area contributed by atoms with Crippen LogP contribution < -0.4 is 4.74 Å². The predicted octanol–water partition coefficient (Wildman–Crippen LogP) is 5.43. The third-order valence-electron chi connectivity index (χ3n) is 4.33. The maximum atomic E-state index is 12.8. The molecule has 0 radical (unpaired) electrons. The van der Waals surface area contributed by atoms with E-state index < -0.39 is 5.91 Å². The van der Waals surface area contributed by atoms with Gasteiger partial charge in [-0.3, -0.25) is 9.78 Å². The standard InChI is InChI=1S/C20H15BrN4O3/c1-10-7-14(13-9-12(28-2)4-6-16(13)22-10)19(26)25-24-18-15-8-11(21)3-5-17(15)23-20(18)27/h3-9,23,27H,1-2H3. The SMILES string of the molecule is COc1ccc2nc(C)cc(C(=O)N=Nc3c(O)[nH]c4ccc(Br)cc34)c2c1. The highest BCUT2D eigenvalue weighted by Gasteiger charge is 2.15. The molecule has 4 rings (SSSR count). The molecule has 0 atom stereocenters. The number of nitrogens with one attached hydrogen (secondary N) is 1. The summed E-state index contributed by atoms with van der Waals surface area (Å²) >= 11 is 3.39. The van der Waals surface area contributed by atoms with Crippen LogP contribution in [0, 0.1) is 6.92 Å². The lowest BCUT2D eigenvalue weighted by molar-refractivity contribution is 0.0996. The Morgan fingerprint density at radius 2 is 2.00 bits per heavy atom. The Morgan fingerprint density at radius 1 is 1.18 bits per heavy atom. The van der Waals surface area contributed by atoms with Crippen molar-refractivity contribution in [3.8, 4) is 11.6 Å². The fraction of sp³-hybridized carbons (Fsp3) is 0.100. The van der Waals surface area contributed by atoms with Crippen LogP contribution in [-0.2, 0) is 0 Å². The molecule has 2 heterocycles. The van der Waals surface area contributed by atoms with Crippen LogP contribution in [0.2, 0.25) is 0 Å². The number of methoxy groups -OCH3 is 1. The number of azo groups is 1. The normalized spacial score (nSPS) is 11.5. The van der Waals surface area contributed by atoms with Gasteiger partial charge in [-0.2, -0.15) is 0 Å². The van der Waals surface area contributed by atoms with E-state index in [1.54, 1.807) is 50.4 Å². The van der Waals surface area contributed by atoms with Crippen LogP contribution in [0.4, 0.5) is 5.69 Å². The quantitative estimate of drug-likeness (QED) is 0.416. The topological polar surface area (TPSA) is 99.9 Å². The molecule has 0 aliphatic heterocycles. The summed E-state index contributed by atoms with van der Waals surface area (Å²) in [5.74, 6) is -0.0714. The number of amides is 1. The molecule has 1 amide bonds. The van der Waals surface area contributed by atoms with Crippen molar-refractivity contribution in [2.45, 2.75) is 6.92 Å². The molecular weight excluding hydrogens is 424 g/mol. The van der Waals surface area contributed by atoms with Crippen molar-refractivity contribution in [2.75, 3.05) is 7.11 Å². The summed E-state index contributed by atoms with van der Waals surface area (Å²) in [5, 5.41) is 19.3. The van der Waals surface area contributed by atoms with Crippen molar-refractivity contribution >= 4 is 49.3 Å². The number of aryl methyl sites for hydroxylation is 1. The Balaban J connectivity index is 1.79. The average molecular weight is 439 g/mol. The molecule has 4 aromatic rings. The Hall–Kier alpha value is -3.26. The van der Waals surface area contributed by atoms with Gasteiger partial charge in [0, 0.05) is 20.9 Å². The number of H-pyrrole nitrogens is 1. The van der Waals surface area contributed by atoms with Gasteiger partial charge in [0.15, 0.2) is 5.69 Å². The highest BCUT2D eigenvalue weighted by atomic mass is 79.9. The Labute approximate surface area is 168 Å². The summed E-state index contributed by atoms with van der Waals surface area (Å²) in [7, 11) is 1.56. The summed E-state index contributed by atoms with van der Waals surface area (Å²) < 4.78 is 6.07. The number of aromatic nitrogens is 2.